The molecular formula is C38H66Cl2N18. The van der Waals surface area contributed by atoms with Gasteiger partial charge in [0.05, 0.1) is 23.0 Å². The molecule has 2 rings (SSSR count). The second kappa shape index (κ2) is 28.1. The summed E-state index contributed by atoms with van der Waals surface area (Å²) in [6.45, 7) is 20.7. The van der Waals surface area contributed by atoms with Crippen LogP contribution in [0, 0.1) is 0 Å². The highest BCUT2D eigenvalue weighted by molar-refractivity contribution is 6.32. The second-order valence-electron chi connectivity index (χ2n) is 13.6. The van der Waals surface area contributed by atoms with E-state index in [2.05, 4.69) is 88.1 Å². The molecule has 18 N–H and O–H groups in total. The summed E-state index contributed by atoms with van der Waals surface area (Å²) < 4.78 is 0. The third-order valence-electron chi connectivity index (χ3n) is 8.63. The zero-order valence-electron chi connectivity index (χ0n) is 33.9. The zero-order chi connectivity index (χ0) is 42.7. The lowest BCUT2D eigenvalue weighted by molar-refractivity contribution is 0.561. The van der Waals surface area contributed by atoms with Crippen molar-refractivity contribution in [1.82, 2.24) is 51.8 Å². The maximum atomic E-state index is 5.97. The highest BCUT2D eigenvalue weighted by Gasteiger charge is 2.13. The van der Waals surface area contributed by atoms with Crippen LogP contribution in [0.25, 0.3) is 11.4 Å². The van der Waals surface area contributed by atoms with Gasteiger partial charge in [-0.05, 0) is 38.5 Å². The number of unbranched alkanes of at least 4 members (excludes halogenated alkanes) is 11. The monoisotopic (exact) mass is 845 g/mol. The Morgan fingerprint density at radius 3 is 1.09 bits per heavy atom. The van der Waals surface area contributed by atoms with Gasteiger partial charge >= 0.3 is 0 Å². The summed E-state index contributed by atoms with van der Waals surface area (Å²) in [5, 5.41) is 19.3. The molecule has 0 aliphatic heterocycles. The highest BCUT2D eigenvalue weighted by Crippen LogP contribution is 2.22. The largest absolute Gasteiger partial charge is 0.382 e. The normalized spacial score (nSPS) is 11.5. The third kappa shape index (κ3) is 20.7. The van der Waals surface area contributed by atoms with Crippen LogP contribution in [0.15, 0.2) is 47.9 Å². The molecule has 0 atom stereocenters. The Labute approximate surface area is 353 Å². The minimum atomic E-state index is 0.0491. The van der Waals surface area contributed by atoms with Crippen molar-refractivity contribution in [2.45, 2.75) is 89.9 Å². The summed E-state index contributed by atoms with van der Waals surface area (Å²) in [6, 6.07) is 0. The van der Waals surface area contributed by atoms with Gasteiger partial charge in [0.2, 0.25) is 0 Å². The van der Waals surface area contributed by atoms with E-state index in [-0.39, 0.29) is 56.9 Å². The maximum absolute atomic E-state index is 5.97. The molecule has 0 unspecified atom stereocenters. The second-order valence-corrected chi connectivity index (χ2v) is 14.3. The van der Waals surface area contributed by atoms with Crippen LogP contribution in [0.5, 0.6) is 0 Å². The topological polar surface area (TPSA) is 305 Å². The van der Waals surface area contributed by atoms with E-state index in [0.717, 1.165) is 115 Å². The fourth-order valence-corrected chi connectivity index (χ4v) is 5.71. The molecule has 0 fully saturated rings. The van der Waals surface area contributed by atoms with Crippen LogP contribution in [0.4, 0.5) is 23.3 Å². The summed E-state index contributed by atoms with van der Waals surface area (Å²) in [6.07, 6.45) is 15.3. The average molecular weight is 846 g/mol. The Bertz CT molecular complexity index is 1560. The smallest absolute Gasteiger partial charge is 0.193 e. The molecule has 2 aromatic heterocycles. The number of hydrogen-bond acceptors (Lipinski definition) is 14. The van der Waals surface area contributed by atoms with Crippen LogP contribution in [0.3, 0.4) is 0 Å². The molecular weight excluding hydrogens is 779 g/mol. The van der Waals surface area contributed by atoms with Crippen LogP contribution < -0.4 is 66.3 Å². The number of nitrogens with zero attached hydrogens (tertiary/aromatic N) is 6. The number of nitrogen functional groups attached to an aromatic ring is 4. The minimum absolute atomic E-state index is 0.0491. The minimum Gasteiger partial charge on any atom is -0.382 e. The summed E-state index contributed by atoms with van der Waals surface area (Å²) in [5.41, 5.74) is 36.1. The van der Waals surface area contributed by atoms with Gasteiger partial charge in [-0.25, -0.2) is 19.9 Å². The van der Waals surface area contributed by atoms with E-state index < -0.39 is 0 Å². The average Bonchev–Trinajstić information content (AvgIpc) is 3.17. The zero-order valence-corrected chi connectivity index (χ0v) is 35.4. The fraction of sp³-hybridized carbons (Fsp3) is 0.526. The Kier molecular flexibility index (Phi) is 23.6. The van der Waals surface area contributed by atoms with Crippen LogP contribution in [0.2, 0.25) is 10.3 Å². The molecule has 0 aliphatic rings. The molecule has 0 saturated carbocycles. The van der Waals surface area contributed by atoms with Crippen LogP contribution in [-0.2, 0) is 0 Å². The number of hydrogen-bond donors (Lipinski definition) is 12. The first-order valence-corrected chi connectivity index (χ1v) is 20.6. The van der Waals surface area contributed by atoms with Gasteiger partial charge in [0.1, 0.15) is 11.4 Å². The molecule has 0 saturated heterocycles. The van der Waals surface area contributed by atoms with Crippen molar-refractivity contribution < 1.29 is 0 Å². The highest BCUT2D eigenvalue weighted by atomic mass is 35.5. The van der Waals surface area contributed by atoms with Gasteiger partial charge in [0.15, 0.2) is 45.5 Å². The molecule has 322 valence electrons. The van der Waals surface area contributed by atoms with Crippen LogP contribution in [-0.4, -0.2) is 71.1 Å². The van der Waals surface area contributed by atoms with Crippen molar-refractivity contribution in [2.75, 3.05) is 62.2 Å². The van der Waals surface area contributed by atoms with Gasteiger partial charge in [0.25, 0.3) is 0 Å². The maximum Gasteiger partial charge on any atom is 0.193 e. The van der Waals surface area contributed by atoms with E-state index in [0.29, 0.717) is 24.5 Å². The summed E-state index contributed by atoms with van der Waals surface area (Å²) in [4.78, 5) is 24.7. The molecule has 2 heterocycles. The predicted octanol–water partition coefficient (Wildman–Crippen LogP) is 4.11. The molecule has 0 spiro atoms. The number of nitrogens with two attached hydrogens (primary N) is 6. The predicted molar refractivity (Wildman–Crippen MR) is 244 cm³/mol. The van der Waals surface area contributed by atoms with E-state index in [9.17, 15) is 0 Å². The van der Waals surface area contributed by atoms with E-state index in [1.807, 2.05) is 0 Å². The van der Waals surface area contributed by atoms with Crippen molar-refractivity contribution in [2.24, 2.45) is 21.5 Å². The van der Waals surface area contributed by atoms with Crippen molar-refractivity contribution in [1.29, 1.82) is 0 Å². The van der Waals surface area contributed by atoms with Gasteiger partial charge in [-0.15, -0.1) is 0 Å². The fourth-order valence-electron chi connectivity index (χ4n) is 5.45. The van der Waals surface area contributed by atoms with E-state index in [1.54, 1.807) is 0 Å². The molecule has 58 heavy (non-hydrogen) atoms. The van der Waals surface area contributed by atoms with Crippen molar-refractivity contribution in [3.05, 3.63) is 59.7 Å². The molecule has 0 bridgehead atoms. The van der Waals surface area contributed by atoms with Crippen LogP contribution >= 0.6 is 23.2 Å². The van der Waals surface area contributed by atoms with Gasteiger partial charge in [0, 0.05) is 39.3 Å². The lowest BCUT2D eigenvalue weighted by Gasteiger charge is -2.14. The van der Waals surface area contributed by atoms with Gasteiger partial charge in [-0.3, -0.25) is 9.98 Å². The summed E-state index contributed by atoms with van der Waals surface area (Å²) >= 11 is 11.9. The molecule has 0 aliphatic carbocycles. The Hall–Kier alpha value is -5.36. The third-order valence-corrected chi connectivity index (χ3v) is 9.19. The standard InChI is InChI=1S/C38H66Cl2N18/c1-25(29-33(41)57-35(43)31(39)55-29)53-37(45)51-23-15-11-7-5-9-13-19-47-27(3)49-21-17-18-22-50-28(4)48-20-14-10-6-8-12-16-24-52-38(46)54-26(2)30-34(42)58-36(44)32(40)56-30/h47-50H,1-24H2,(H4,41,43,57)(H4,42,44,58)(H3,45,51,53)(H3,46,52,54). The first-order chi connectivity index (χ1) is 27.8. The molecule has 0 radical (unpaired) electrons. The van der Waals surface area contributed by atoms with Gasteiger partial charge in [-0.2, -0.15) is 0 Å². The van der Waals surface area contributed by atoms with Crippen LogP contribution in [0.1, 0.15) is 101 Å². The summed E-state index contributed by atoms with van der Waals surface area (Å²) in [5.74, 6) is 2.54. The Morgan fingerprint density at radius 2 is 0.741 bits per heavy atom. The molecule has 0 amide bonds. The number of rotatable bonds is 31. The van der Waals surface area contributed by atoms with Crippen molar-refractivity contribution >= 4 is 69.8 Å². The van der Waals surface area contributed by atoms with Crippen molar-refractivity contribution in [3.8, 4) is 0 Å². The Balaban J connectivity index is 1.34. The first kappa shape index (κ1) is 48.8. The number of anilines is 4. The summed E-state index contributed by atoms with van der Waals surface area (Å²) in [7, 11) is 0. The molecule has 20 heteroatoms. The number of aliphatic imine (C=N–C) groups is 2. The lowest BCUT2D eigenvalue weighted by atomic mass is 10.1. The number of halogens is 2. The van der Waals surface area contributed by atoms with Gasteiger partial charge < -0.3 is 66.3 Å². The van der Waals surface area contributed by atoms with E-state index >= 15 is 0 Å². The lowest BCUT2D eigenvalue weighted by Crippen LogP contribution is -2.31. The Morgan fingerprint density at radius 1 is 0.448 bits per heavy atom. The van der Waals surface area contributed by atoms with E-state index in [1.165, 1.54) is 12.8 Å². The van der Waals surface area contributed by atoms with E-state index in [4.69, 9.17) is 57.6 Å². The number of nitrogens with one attached hydrogen (secondary N) is 6. The molecule has 2 aromatic rings. The number of aromatic nitrogens is 4. The molecule has 18 nitrogen and oxygen atoms in total. The SMILES string of the molecule is C=C(NCCCCCCCCN=C(N)NC(=C)c1nc(Cl)c(N)nc1N)NCCCCNC(=C)NCCCCCCCCN=C(N)NC(=C)c1nc(Cl)c(N)nc1N. The first-order valence-electron chi connectivity index (χ1n) is 19.8. The number of guanidine groups is 2. The molecule has 0 aromatic carbocycles. The quantitative estimate of drug-likeness (QED) is 0.0289. The van der Waals surface area contributed by atoms with Gasteiger partial charge in [-0.1, -0.05) is 101 Å². The van der Waals surface area contributed by atoms with Crippen molar-refractivity contribution in [3.63, 3.8) is 0 Å².